The first-order valence-corrected chi connectivity index (χ1v) is 13.9. The van der Waals surface area contributed by atoms with E-state index in [2.05, 4.69) is 56.5 Å². The lowest BCUT2D eigenvalue weighted by Gasteiger charge is -2.24. The monoisotopic (exact) mass is 559 g/mol. The number of hydrogen-bond donors (Lipinski definition) is 0. The van der Waals surface area contributed by atoms with E-state index in [4.69, 9.17) is 0 Å². The van der Waals surface area contributed by atoms with Crippen LogP contribution >= 0.6 is 0 Å². The molecule has 11 heteroatoms. The molecule has 0 bridgehead atoms. The first-order chi connectivity index (χ1) is 20.5. The van der Waals surface area contributed by atoms with Gasteiger partial charge < -0.3 is 4.90 Å². The van der Waals surface area contributed by atoms with Crippen LogP contribution in [0.3, 0.4) is 0 Å². The van der Waals surface area contributed by atoms with E-state index in [0.717, 1.165) is 29.6 Å². The molecule has 42 heavy (non-hydrogen) atoms. The SMILES string of the molecule is CCCc1ccc(N(Cc2nnc3n(C)c(=O)c4ccccc4n23)Cc2nnc3n(C)c(=O)c4ccccc4n23)cc1. The number of para-hydroxylation sites is 2. The molecule has 0 fully saturated rings. The molecule has 0 spiro atoms. The normalized spacial score (nSPS) is 11.8. The van der Waals surface area contributed by atoms with Gasteiger partial charge in [0.25, 0.3) is 11.1 Å². The maximum atomic E-state index is 13.0. The molecule has 0 aliphatic heterocycles. The molecule has 0 amide bonds. The number of fused-ring (bicyclic) bond motifs is 6. The predicted octanol–water partition coefficient (Wildman–Crippen LogP) is 3.64. The van der Waals surface area contributed by atoms with Crippen LogP contribution in [-0.2, 0) is 33.6 Å². The number of hydrogen-bond acceptors (Lipinski definition) is 7. The van der Waals surface area contributed by atoms with E-state index >= 15 is 0 Å². The van der Waals surface area contributed by atoms with E-state index in [1.165, 1.54) is 14.7 Å². The second-order valence-corrected chi connectivity index (χ2v) is 10.5. The highest BCUT2D eigenvalue weighted by atomic mass is 16.1. The molecule has 0 aliphatic carbocycles. The first kappa shape index (κ1) is 25.6. The standard InChI is InChI=1S/C31H29N9O2/c1-4-9-20-14-16-21(17-15-20)38(18-26-32-34-30-36(2)28(41)22-10-5-7-12-24(22)39(26)30)19-27-33-35-31-37(3)29(42)23-11-6-8-13-25(23)40(27)31/h5-8,10-17H,4,9,18-19H2,1-3H3. The van der Waals surface area contributed by atoms with Crippen LogP contribution < -0.4 is 16.0 Å². The summed E-state index contributed by atoms with van der Waals surface area (Å²) in [6.45, 7) is 2.94. The fourth-order valence-electron chi connectivity index (χ4n) is 5.73. The van der Waals surface area contributed by atoms with Crippen molar-refractivity contribution in [2.75, 3.05) is 4.90 Å². The molecule has 0 aliphatic rings. The number of aryl methyl sites for hydroxylation is 3. The number of rotatable bonds is 7. The van der Waals surface area contributed by atoms with E-state index in [1.54, 1.807) is 14.1 Å². The van der Waals surface area contributed by atoms with Gasteiger partial charge >= 0.3 is 0 Å². The summed E-state index contributed by atoms with van der Waals surface area (Å²) in [5, 5.41) is 19.1. The zero-order valence-corrected chi connectivity index (χ0v) is 23.6. The van der Waals surface area contributed by atoms with Gasteiger partial charge in [-0.15, -0.1) is 20.4 Å². The zero-order chi connectivity index (χ0) is 29.0. The third-order valence-corrected chi connectivity index (χ3v) is 7.89. The highest BCUT2D eigenvalue weighted by Crippen LogP contribution is 2.24. The number of anilines is 1. The second-order valence-electron chi connectivity index (χ2n) is 10.5. The first-order valence-electron chi connectivity index (χ1n) is 13.9. The summed E-state index contributed by atoms with van der Waals surface area (Å²) in [5.41, 5.74) is 3.52. The van der Waals surface area contributed by atoms with Gasteiger partial charge in [-0.1, -0.05) is 49.7 Å². The average molecular weight is 560 g/mol. The van der Waals surface area contributed by atoms with Gasteiger partial charge in [0.2, 0.25) is 11.6 Å². The number of benzene rings is 3. The van der Waals surface area contributed by atoms with Crippen molar-refractivity contribution in [3.05, 3.63) is 111 Å². The van der Waals surface area contributed by atoms with Gasteiger partial charge in [0, 0.05) is 19.8 Å². The Labute approximate surface area is 239 Å². The van der Waals surface area contributed by atoms with Crippen molar-refractivity contribution in [1.29, 1.82) is 0 Å². The van der Waals surface area contributed by atoms with Crippen molar-refractivity contribution in [1.82, 2.24) is 38.3 Å². The summed E-state index contributed by atoms with van der Waals surface area (Å²) in [6, 6.07) is 23.5. The molecule has 0 unspecified atom stereocenters. The largest absolute Gasteiger partial charge is 0.356 e. The smallest absolute Gasteiger partial charge is 0.262 e. The van der Waals surface area contributed by atoms with Crippen molar-refractivity contribution >= 4 is 39.0 Å². The zero-order valence-electron chi connectivity index (χ0n) is 23.6. The van der Waals surface area contributed by atoms with E-state index in [-0.39, 0.29) is 11.1 Å². The Balaban J connectivity index is 1.40. The van der Waals surface area contributed by atoms with Gasteiger partial charge in [0.05, 0.1) is 34.9 Å². The van der Waals surface area contributed by atoms with Gasteiger partial charge in [0.15, 0.2) is 11.6 Å². The van der Waals surface area contributed by atoms with Crippen LogP contribution in [0, 0.1) is 0 Å². The number of aromatic nitrogens is 8. The maximum absolute atomic E-state index is 13.0. The predicted molar refractivity (Wildman–Crippen MR) is 162 cm³/mol. The van der Waals surface area contributed by atoms with Crippen molar-refractivity contribution in [3.63, 3.8) is 0 Å². The minimum Gasteiger partial charge on any atom is -0.356 e. The average Bonchev–Trinajstić information content (AvgIpc) is 3.64. The molecular formula is C31H29N9O2. The van der Waals surface area contributed by atoms with Gasteiger partial charge in [-0.05, 0) is 48.4 Å². The molecule has 4 heterocycles. The summed E-state index contributed by atoms with van der Waals surface area (Å²) in [4.78, 5) is 28.2. The van der Waals surface area contributed by atoms with Crippen LogP contribution in [0.4, 0.5) is 5.69 Å². The van der Waals surface area contributed by atoms with Gasteiger partial charge in [-0.25, -0.2) is 0 Å². The molecule has 0 saturated heterocycles. The Bertz CT molecular complexity index is 2100. The quantitative estimate of drug-likeness (QED) is 0.294. The molecular weight excluding hydrogens is 530 g/mol. The van der Waals surface area contributed by atoms with Crippen molar-refractivity contribution < 1.29 is 0 Å². The van der Waals surface area contributed by atoms with Crippen LogP contribution in [0.1, 0.15) is 30.6 Å². The molecule has 0 atom stereocenters. The molecule has 7 aromatic rings. The minimum absolute atomic E-state index is 0.118. The Kier molecular flexibility index (Phi) is 6.07. The van der Waals surface area contributed by atoms with Crippen LogP contribution in [0.5, 0.6) is 0 Å². The fraction of sp³-hybridized carbons (Fsp3) is 0.226. The Morgan fingerprint density at radius 2 is 1.12 bits per heavy atom. The highest BCUT2D eigenvalue weighted by Gasteiger charge is 2.21. The Morgan fingerprint density at radius 3 is 1.60 bits per heavy atom. The Morgan fingerprint density at radius 1 is 0.643 bits per heavy atom. The molecule has 11 nitrogen and oxygen atoms in total. The van der Waals surface area contributed by atoms with Gasteiger partial charge in [-0.3, -0.25) is 27.5 Å². The molecule has 0 saturated carbocycles. The summed E-state index contributed by atoms with van der Waals surface area (Å²) < 4.78 is 6.94. The minimum atomic E-state index is -0.118. The number of nitrogens with zero attached hydrogens (tertiary/aromatic N) is 9. The highest BCUT2D eigenvalue weighted by molar-refractivity contribution is 5.81. The molecule has 0 N–H and O–H groups in total. The van der Waals surface area contributed by atoms with Crippen molar-refractivity contribution in [2.24, 2.45) is 14.1 Å². The third kappa shape index (κ3) is 3.96. The Hall–Kier alpha value is -5.32. The lowest BCUT2D eigenvalue weighted by atomic mass is 10.1. The van der Waals surface area contributed by atoms with E-state index < -0.39 is 0 Å². The summed E-state index contributed by atoms with van der Waals surface area (Å²) in [7, 11) is 3.43. The van der Waals surface area contributed by atoms with Crippen LogP contribution in [-0.4, -0.2) is 38.3 Å². The molecule has 7 rings (SSSR count). The third-order valence-electron chi connectivity index (χ3n) is 7.89. The van der Waals surface area contributed by atoms with Crippen molar-refractivity contribution in [3.8, 4) is 0 Å². The summed E-state index contributed by atoms with van der Waals surface area (Å²) >= 11 is 0. The van der Waals surface area contributed by atoms with Gasteiger partial charge in [-0.2, -0.15) is 0 Å². The second kappa shape index (κ2) is 9.95. The molecule has 210 valence electrons. The molecule has 3 aromatic carbocycles. The van der Waals surface area contributed by atoms with Crippen LogP contribution in [0.2, 0.25) is 0 Å². The van der Waals surface area contributed by atoms with Crippen LogP contribution in [0.25, 0.3) is 33.4 Å². The molecule has 4 aromatic heterocycles. The summed E-state index contributed by atoms with van der Waals surface area (Å²) in [5.74, 6) is 2.31. The fourth-order valence-corrected chi connectivity index (χ4v) is 5.73. The maximum Gasteiger partial charge on any atom is 0.262 e. The van der Waals surface area contributed by atoms with E-state index in [0.29, 0.717) is 47.1 Å². The lowest BCUT2D eigenvalue weighted by molar-refractivity contribution is 0.716. The van der Waals surface area contributed by atoms with Gasteiger partial charge in [0.1, 0.15) is 0 Å². The lowest BCUT2D eigenvalue weighted by Crippen LogP contribution is -2.26. The van der Waals surface area contributed by atoms with E-state index in [9.17, 15) is 9.59 Å². The van der Waals surface area contributed by atoms with Crippen molar-refractivity contribution in [2.45, 2.75) is 32.9 Å². The topological polar surface area (TPSA) is 108 Å². The summed E-state index contributed by atoms with van der Waals surface area (Å²) in [6.07, 6.45) is 2.07. The molecule has 0 radical (unpaired) electrons. The van der Waals surface area contributed by atoms with E-state index in [1.807, 2.05) is 57.3 Å². The van der Waals surface area contributed by atoms with Crippen LogP contribution in [0.15, 0.2) is 82.4 Å².